The van der Waals surface area contributed by atoms with E-state index < -0.39 is 0 Å². The van der Waals surface area contributed by atoms with Crippen molar-refractivity contribution >= 4 is 51.5 Å². The maximum Gasteiger partial charge on any atom is 0.243 e. The van der Waals surface area contributed by atoms with Crippen molar-refractivity contribution in [1.82, 2.24) is 0 Å². The average Bonchev–Trinajstić information content (AvgIpc) is 3.01. The van der Waals surface area contributed by atoms with Gasteiger partial charge in [-0.25, -0.2) is 0 Å². The molecular formula is C18H18IN3O2. The normalized spacial score (nSPS) is 13.9. The lowest BCUT2D eigenvalue weighted by atomic mass is 10.2. The number of halogens is 1. The second-order valence-electron chi connectivity index (χ2n) is 5.55. The third-order valence-corrected chi connectivity index (χ3v) is 4.80. The van der Waals surface area contributed by atoms with Crippen LogP contribution in [0.2, 0.25) is 0 Å². The van der Waals surface area contributed by atoms with Crippen LogP contribution in [0, 0.1) is 3.57 Å². The topological polar surface area (TPSA) is 61.4 Å². The highest BCUT2D eigenvalue weighted by molar-refractivity contribution is 14.1. The molecule has 2 amide bonds. The number of amides is 2. The van der Waals surface area contributed by atoms with E-state index in [9.17, 15) is 9.59 Å². The average molecular weight is 435 g/mol. The van der Waals surface area contributed by atoms with Gasteiger partial charge in [-0.15, -0.1) is 0 Å². The zero-order valence-electron chi connectivity index (χ0n) is 13.1. The Labute approximate surface area is 154 Å². The number of hydrogen-bond donors (Lipinski definition) is 2. The predicted octanol–water partition coefficient (Wildman–Crippen LogP) is 3.47. The van der Waals surface area contributed by atoms with Crippen molar-refractivity contribution in [2.24, 2.45) is 0 Å². The van der Waals surface area contributed by atoms with Crippen LogP contribution in [0.4, 0.5) is 17.1 Å². The van der Waals surface area contributed by atoms with E-state index in [0.29, 0.717) is 6.42 Å². The van der Waals surface area contributed by atoms with Crippen LogP contribution in [-0.2, 0) is 9.59 Å². The van der Waals surface area contributed by atoms with Crippen molar-refractivity contribution in [3.05, 3.63) is 52.1 Å². The van der Waals surface area contributed by atoms with Gasteiger partial charge < -0.3 is 15.5 Å². The number of carbonyl (C=O) groups excluding carboxylic acids is 2. The Morgan fingerprint density at radius 3 is 2.50 bits per heavy atom. The molecule has 6 heteroatoms. The monoisotopic (exact) mass is 435 g/mol. The lowest BCUT2D eigenvalue weighted by molar-refractivity contribution is -0.117. The summed E-state index contributed by atoms with van der Waals surface area (Å²) in [5.74, 6) is 0.00853. The van der Waals surface area contributed by atoms with Crippen LogP contribution in [0.5, 0.6) is 0 Å². The Balaban J connectivity index is 1.65. The molecule has 3 rings (SSSR count). The van der Waals surface area contributed by atoms with Gasteiger partial charge in [-0.3, -0.25) is 9.59 Å². The van der Waals surface area contributed by atoms with Crippen molar-refractivity contribution in [1.29, 1.82) is 0 Å². The molecule has 1 fully saturated rings. The molecule has 1 heterocycles. The number of hydrogen-bond acceptors (Lipinski definition) is 3. The van der Waals surface area contributed by atoms with E-state index in [1.807, 2.05) is 48.5 Å². The third kappa shape index (κ3) is 3.87. The number of nitrogens with one attached hydrogen (secondary N) is 2. The Hall–Kier alpha value is -2.09. The number of para-hydroxylation sites is 3. The van der Waals surface area contributed by atoms with Gasteiger partial charge in [-0.2, -0.15) is 0 Å². The largest absolute Gasteiger partial charge is 0.374 e. The Morgan fingerprint density at radius 1 is 1.08 bits per heavy atom. The summed E-state index contributed by atoms with van der Waals surface area (Å²) in [4.78, 5) is 25.9. The molecule has 0 spiro atoms. The van der Waals surface area contributed by atoms with Gasteiger partial charge in [0.05, 0.1) is 23.6 Å². The molecule has 0 radical (unpaired) electrons. The Kier molecular flexibility index (Phi) is 5.34. The quantitative estimate of drug-likeness (QED) is 0.708. The van der Waals surface area contributed by atoms with Gasteiger partial charge in [-0.05, 0) is 53.3 Å². The van der Waals surface area contributed by atoms with Crippen LogP contribution >= 0.6 is 22.6 Å². The van der Waals surface area contributed by atoms with Crippen LogP contribution in [0.25, 0.3) is 0 Å². The second-order valence-corrected chi connectivity index (χ2v) is 6.71. The van der Waals surface area contributed by atoms with E-state index in [-0.39, 0.29) is 18.4 Å². The first-order chi connectivity index (χ1) is 11.6. The van der Waals surface area contributed by atoms with Crippen LogP contribution in [0.15, 0.2) is 48.5 Å². The van der Waals surface area contributed by atoms with Gasteiger partial charge in [0.25, 0.3) is 0 Å². The molecule has 24 heavy (non-hydrogen) atoms. The first-order valence-corrected chi connectivity index (χ1v) is 8.90. The fourth-order valence-corrected chi connectivity index (χ4v) is 3.22. The minimum atomic E-state index is -0.123. The van der Waals surface area contributed by atoms with Gasteiger partial charge in [0.15, 0.2) is 0 Å². The zero-order chi connectivity index (χ0) is 16.9. The van der Waals surface area contributed by atoms with Crippen molar-refractivity contribution in [3.8, 4) is 0 Å². The number of nitrogens with zero attached hydrogens (tertiary/aromatic N) is 1. The van der Waals surface area contributed by atoms with Crippen LogP contribution in [0.1, 0.15) is 12.8 Å². The van der Waals surface area contributed by atoms with E-state index in [1.54, 1.807) is 4.90 Å². The van der Waals surface area contributed by atoms with E-state index in [1.165, 1.54) is 0 Å². The molecule has 1 saturated heterocycles. The van der Waals surface area contributed by atoms with Crippen molar-refractivity contribution < 1.29 is 9.59 Å². The summed E-state index contributed by atoms with van der Waals surface area (Å²) < 4.78 is 0.992. The molecule has 0 unspecified atom stereocenters. The Morgan fingerprint density at radius 2 is 1.79 bits per heavy atom. The molecule has 0 saturated carbocycles. The smallest absolute Gasteiger partial charge is 0.243 e. The maximum atomic E-state index is 12.2. The molecule has 1 aliphatic heterocycles. The molecule has 0 aromatic heterocycles. The number of anilines is 3. The fraction of sp³-hybridized carbons (Fsp3) is 0.222. The van der Waals surface area contributed by atoms with Gasteiger partial charge in [0.1, 0.15) is 0 Å². The molecule has 0 atom stereocenters. The summed E-state index contributed by atoms with van der Waals surface area (Å²) in [6, 6.07) is 15.2. The number of benzene rings is 2. The molecule has 2 aromatic rings. The highest BCUT2D eigenvalue weighted by atomic mass is 127. The van der Waals surface area contributed by atoms with Crippen molar-refractivity contribution in [2.45, 2.75) is 12.8 Å². The molecular weight excluding hydrogens is 417 g/mol. The van der Waals surface area contributed by atoms with Gasteiger partial charge in [-0.1, -0.05) is 24.3 Å². The SMILES string of the molecule is O=C(CNc1ccccc1N1CCCC1=O)Nc1ccccc1I. The van der Waals surface area contributed by atoms with Gasteiger partial charge in [0.2, 0.25) is 11.8 Å². The van der Waals surface area contributed by atoms with Crippen molar-refractivity contribution in [3.63, 3.8) is 0 Å². The van der Waals surface area contributed by atoms with E-state index >= 15 is 0 Å². The zero-order valence-corrected chi connectivity index (χ0v) is 15.2. The number of carbonyl (C=O) groups is 2. The lowest BCUT2D eigenvalue weighted by Crippen LogP contribution is -2.26. The highest BCUT2D eigenvalue weighted by Crippen LogP contribution is 2.29. The van der Waals surface area contributed by atoms with E-state index in [4.69, 9.17) is 0 Å². The van der Waals surface area contributed by atoms with Gasteiger partial charge in [0, 0.05) is 16.5 Å². The summed E-state index contributed by atoms with van der Waals surface area (Å²) in [5, 5.41) is 6.03. The summed E-state index contributed by atoms with van der Waals surface area (Å²) in [7, 11) is 0. The van der Waals surface area contributed by atoms with E-state index in [2.05, 4.69) is 33.2 Å². The second kappa shape index (κ2) is 7.65. The fourth-order valence-electron chi connectivity index (χ4n) is 2.69. The molecule has 124 valence electrons. The van der Waals surface area contributed by atoms with Crippen LogP contribution in [-0.4, -0.2) is 24.9 Å². The maximum absolute atomic E-state index is 12.2. The Bertz CT molecular complexity index is 763. The summed E-state index contributed by atoms with van der Waals surface area (Å²) in [6.07, 6.45) is 1.46. The summed E-state index contributed by atoms with van der Waals surface area (Å²) in [5.41, 5.74) is 2.43. The lowest BCUT2D eigenvalue weighted by Gasteiger charge is -2.20. The first kappa shape index (κ1) is 16.8. The summed E-state index contributed by atoms with van der Waals surface area (Å²) >= 11 is 2.19. The van der Waals surface area contributed by atoms with Gasteiger partial charge >= 0.3 is 0 Å². The first-order valence-electron chi connectivity index (χ1n) is 7.83. The predicted molar refractivity (Wildman–Crippen MR) is 104 cm³/mol. The highest BCUT2D eigenvalue weighted by Gasteiger charge is 2.23. The van der Waals surface area contributed by atoms with Crippen LogP contribution < -0.4 is 15.5 Å². The third-order valence-electron chi connectivity index (χ3n) is 3.86. The van der Waals surface area contributed by atoms with E-state index in [0.717, 1.165) is 33.6 Å². The molecule has 0 bridgehead atoms. The standard InChI is InChI=1S/C18H18IN3O2/c19-13-6-1-2-7-14(13)21-17(23)12-20-15-8-3-4-9-16(15)22-11-5-10-18(22)24/h1-4,6-9,20H,5,10-12H2,(H,21,23). The molecule has 1 aliphatic rings. The molecule has 2 aromatic carbocycles. The molecule has 0 aliphatic carbocycles. The number of rotatable bonds is 5. The minimum absolute atomic E-state index is 0.123. The van der Waals surface area contributed by atoms with Crippen LogP contribution in [0.3, 0.4) is 0 Å². The minimum Gasteiger partial charge on any atom is -0.374 e. The molecule has 2 N–H and O–H groups in total. The molecule has 5 nitrogen and oxygen atoms in total. The summed E-state index contributed by atoms with van der Waals surface area (Å²) in [6.45, 7) is 0.871. The van der Waals surface area contributed by atoms with Crippen molar-refractivity contribution in [2.75, 3.05) is 28.6 Å².